The fourth-order valence-electron chi connectivity index (χ4n) is 6.14. The molecule has 6 nitrogen and oxygen atoms in total. The van der Waals surface area contributed by atoms with Crippen molar-refractivity contribution in [3.63, 3.8) is 0 Å². The molecular formula is C43H82NO5+. The van der Waals surface area contributed by atoms with Crippen molar-refractivity contribution in [2.24, 2.45) is 0 Å². The van der Waals surface area contributed by atoms with Crippen molar-refractivity contribution in [2.75, 3.05) is 27.2 Å². The normalized spacial score (nSPS) is 13.3. The molecule has 2 unspecified atom stereocenters. The second kappa shape index (κ2) is 34.8. The molecule has 0 saturated carbocycles. The number of carbonyl (C=O) groups is 2. The lowest BCUT2D eigenvalue weighted by Crippen LogP contribution is -2.58. The van der Waals surface area contributed by atoms with E-state index in [1.54, 1.807) is 0 Å². The van der Waals surface area contributed by atoms with E-state index in [-0.39, 0.29) is 18.5 Å². The van der Waals surface area contributed by atoms with Crippen LogP contribution in [-0.4, -0.2) is 61.1 Å². The minimum atomic E-state index is -0.872. The van der Waals surface area contributed by atoms with Crippen LogP contribution in [0.3, 0.4) is 0 Å². The summed E-state index contributed by atoms with van der Waals surface area (Å²) in [7, 11) is 3.89. The fraction of sp³-hybridized carbons (Fsp3) is 0.860. The lowest BCUT2D eigenvalue weighted by atomic mass is 10.1. The number of rotatable bonds is 36. The van der Waals surface area contributed by atoms with Gasteiger partial charge in [-0.2, -0.15) is 0 Å². The van der Waals surface area contributed by atoms with Crippen LogP contribution >= 0.6 is 0 Å². The van der Waals surface area contributed by atoms with E-state index >= 15 is 0 Å². The van der Waals surface area contributed by atoms with Gasteiger partial charge >= 0.3 is 11.9 Å². The van der Waals surface area contributed by atoms with Crippen LogP contribution in [0.25, 0.3) is 0 Å². The zero-order valence-corrected chi connectivity index (χ0v) is 33.2. The van der Waals surface area contributed by atoms with Crippen LogP contribution < -0.4 is 0 Å². The molecule has 2 atom stereocenters. The summed E-state index contributed by atoms with van der Waals surface area (Å²) in [5, 5.41) is 10.1. The topological polar surface area (TPSA) is 72.8 Å². The minimum absolute atomic E-state index is 0.283. The molecule has 0 radical (unpaired) electrons. The van der Waals surface area contributed by atoms with Gasteiger partial charge in [0.05, 0.1) is 27.2 Å². The van der Waals surface area contributed by atoms with Gasteiger partial charge in [-0.1, -0.05) is 141 Å². The van der Waals surface area contributed by atoms with E-state index in [1.807, 2.05) is 21.0 Å². The molecule has 0 spiro atoms. The van der Waals surface area contributed by atoms with E-state index < -0.39 is 12.3 Å². The molecule has 0 amide bonds. The lowest BCUT2D eigenvalue weighted by molar-refractivity contribution is -0.937. The standard InChI is InChI=1S/C43H82NO5/c1-6-9-11-13-15-17-19-21-23-25-27-29-31-33-35-37-41(46)48-40(39-45)43(44(4,5)8-3)49-42(47)38-36-34-32-30-28-26-24-22-20-18-16-14-12-10-7-2/h21-24,40,43,45H,6-20,25-39H2,1-5H3/q+1/b23-21-,24-22-. The Bertz CT molecular complexity index is 808. The van der Waals surface area contributed by atoms with Gasteiger partial charge in [0.2, 0.25) is 6.10 Å². The predicted molar refractivity (Wildman–Crippen MR) is 208 cm³/mol. The summed E-state index contributed by atoms with van der Waals surface area (Å²) >= 11 is 0. The fourth-order valence-corrected chi connectivity index (χ4v) is 6.14. The molecule has 1 N–H and O–H groups in total. The average Bonchev–Trinajstić information content (AvgIpc) is 3.09. The number of likely N-dealkylation sites (N-methyl/N-ethyl adjacent to an activating group) is 1. The number of hydrogen-bond acceptors (Lipinski definition) is 5. The van der Waals surface area contributed by atoms with Crippen molar-refractivity contribution in [3.8, 4) is 0 Å². The first-order valence-electron chi connectivity index (χ1n) is 20.9. The van der Waals surface area contributed by atoms with E-state index in [9.17, 15) is 14.7 Å². The highest BCUT2D eigenvalue weighted by atomic mass is 16.6. The molecule has 0 aliphatic heterocycles. The Morgan fingerprint density at radius 2 is 0.837 bits per heavy atom. The largest absolute Gasteiger partial charge is 0.449 e. The van der Waals surface area contributed by atoms with E-state index in [2.05, 4.69) is 38.2 Å². The van der Waals surface area contributed by atoms with Gasteiger partial charge < -0.3 is 14.6 Å². The molecule has 288 valence electrons. The third-order valence-corrected chi connectivity index (χ3v) is 9.82. The van der Waals surface area contributed by atoms with Crippen LogP contribution in [0.4, 0.5) is 0 Å². The Morgan fingerprint density at radius 3 is 1.18 bits per heavy atom. The Morgan fingerprint density at radius 1 is 0.510 bits per heavy atom. The maximum Gasteiger partial charge on any atom is 0.310 e. The Hall–Kier alpha value is -1.66. The number of quaternary nitrogens is 1. The van der Waals surface area contributed by atoms with Gasteiger partial charge in [-0.25, -0.2) is 0 Å². The van der Waals surface area contributed by atoms with Crippen molar-refractivity contribution in [3.05, 3.63) is 24.3 Å². The second-order valence-corrected chi connectivity index (χ2v) is 14.9. The monoisotopic (exact) mass is 693 g/mol. The number of aliphatic hydroxyl groups excluding tert-OH is 1. The van der Waals surface area contributed by atoms with Crippen LogP contribution in [0.1, 0.15) is 201 Å². The molecule has 0 aromatic heterocycles. The highest BCUT2D eigenvalue weighted by molar-refractivity contribution is 5.70. The van der Waals surface area contributed by atoms with E-state index in [0.717, 1.165) is 51.4 Å². The Labute approximate surface area is 304 Å². The maximum atomic E-state index is 12.8. The first kappa shape index (κ1) is 47.3. The number of unbranched alkanes of at least 4 members (excludes halogenated alkanes) is 22. The van der Waals surface area contributed by atoms with E-state index in [4.69, 9.17) is 9.47 Å². The third-order valence-electron chi connectivity index (χ3n) is 9.82. The highest BCUT2D eigenvalue weighted by Gasteiger charge is 2.40. The van der Waals surface area contributed by atoms with Crippen molar-refractivity contribution in [1.82, 2.24) is 0 Å². The number of esters is 2. The number of hydrogen-bond donors (Lipinski definition) is 1. The summed E-state index contributed by atoms with van der Waals surface area (Å²) < 4.78 is 11.9. The Kier molecular flexibility index (Phi) is 33.6. The van der Waals surface area contributed by atoms with Gasteiger partial charge in [-0.15, -0.1) is 0 Å². The summed E-state index contributed by atoms with van der Waals surface area (Å²) in [5.41, 5.74) is 0. The van der Waals surface area contributed by atoms with Crippen LogP contribution in [0, 0.1) is 0 Å². The van der Waals surface area contributed by atoms with Gasteiger partial charge in [-0.05, 0) is 71.1 Å². The lowest BCUT2D eigenvalue weighted by Gasteiger charge is -2.39. The smallest absolute Gasteiger partial charge is 0.310 e. The van der Waals surface area contributed by atoms with E-state index in [0.29, 0.717) is 23.9 Å². The molecule has 0 aromatic carbocycles. The first-order chi connectivity index (χ1) is 23.8. The maximum absolute atomic E-state index is 12.8. The molecule has 49 heavy (non-hydrogen) atoms. The number of aliphatic hydroxyl groups is 1. The molecular weight excluding hydrogens is 610 g/mol. The van der Waals surface area contributed by atoms with Gasteiger partial charge in [0.15, 0.2) is 0 Å². The average molecular weight is 693 g/mol. The molecule has 6 heteroatoms. The van der Waals surface area contributed by atoms with Crippen molar-refractivity contribution >= 4 is 11.9 Å². The molecule has 0 bridgehead atoms. The zero-order valence-electron chi connectivity index (χ0n) is 33.2. The van der Waals surface area contributed by atoms with Gasteiger partial charge in [0.25, 0.3) is 6.23 Å². The first-order valence-corrected chi connectivity index (χ1v) is 20.9. The SMILES string of the molecule is CCCCCCCC/C=C\CCCCCCCC(=O)OC(CO)C(OC(=O)CCCCCCC/C=C\CCCCCCCC)[N+](C)(C)CC. The number of allylic oxidation sites excluding steroid dienone is 4. The molecule has 0 saturated heterocycles. The molecule has 0 aliphatic carbocycles. The Balaban J connectivity index is 4.18. The van der Waals surface area contributed by atoms with Crippen LogP contribution in [0.5, 0.6) is 0 Å². The summed E-state index contributed by atoms with van der Waals surface area (Å²) in [4.78, 5) is 25.5. The number of carbonyl (C=O) groups excluding carboxylic acids is 2. The zero-order chi connectivity index (χ0) is 36.3. The second-order valence-electron chi connectivity index (χ2n) is 14.9. The van der Waals surface area contributed by atoms with Crippen molar-refractivity contribution in [1.29, 1.82) is 0 Å². The summed E-state index contributed by atoms with van der Waals surface area (Å²) in [5.74, 6) is -0.611. The summed E-state index contributed by atoms with van der Waals surface area (Å²) in [6.07, 6.45) is 39.8. The number of nitrogens with zero attached hydrogens (tertiary/aromatic N) is 1. The van der Waals surface area contributed by atoms with Gasteiger partial charge in [0, 0.05) is 12.8 Å². The van der Waals surface area contributed by atoms with Crippen molar-refractivity contribution in [2.45, 2.75) is 213 Å². The number of ether oxygens (including phenoxy) is 2. The summed E-state index contributed by atoms with van der Waals surface area (Å²) in [6, 6.07) is 0. The predicted octanol–water partition coefficient (Wildman–Crippen LogP) is 11.9. The van der Waals surface area contributed by atoms with Crippen molar-refractivity contribution < 1.29 is 28.7 Å². The van der Waals surface area contributed by atoms with Crippen LogP contribution in [0.15, 0.2) is 24.3 Å². The quantitative estimate of drug-likeness (QED) is 0.0233. The molecule has 0 heterocycles. The third kappa shape index (κ3) is 29.7. The van der Waals surface area contributed by atoms with Crippen LogP contribution in [0.2, 0.25) is 0 Å². The minimum Gasteiger partial charge on any atom is -0.449 e. The summed E-state index contributed by atoms with van der Waals surface area (Å²) in [6.45, 7) is 6.83. The molecule has 0 aromatic rings. The highest BCUT2D eigenvalue weighted by Crippen LogP contribution is 2.19. The molecule has 0 fully saturated rings. The molecule has 0 rings (SSSR count). The molecule has 0 aliphatic rings. The van der Waals surface area contributed by atoms with E-state index in [1.165, 1.54) is 116 Å². The van der Waals surface area contributed by atoms with Gasteiger partial charge in [0.1, 0.15) is 0 Å². The van der Waals surface area contributed by atoms with Gasteiger partial charge in [-0.3, -0.25) is 14.1 Å². The van der Waals surface area contributed by atoms with Crippen LogP contribution in [-0.2, 0) is 19.1 Å².